The topological polar surface area (TPSA) is 159 Å². The van der Waals surface area contributed by atoms with Gasteiger partial charge in [-0.25, -0.2) is 15.0 Å². The van der Waals surface area contributed by atoms with Crippen LogP contribution in [0.1, 0.15) is 22.9 Å². The van der Waals surface area contributed by atoms with E-state index >= 15 is 0 Å². The van der Waals surface area contributed by atoms with Gasteiger partial charge in [0.1, 0.15) is 41.7 Å². The molecule has 12 heteroatoms. The Kier molecular flexibility index (Phi) is 8.92. The number of fused-ring (bicyclic) bond motifs is 1. The second-order valence-electron chi connectivity index (χ2n) is 10.6. The first-order chi connectivity index (χ1) is 22.0. The highest BCUT2D eigenvalue weighted by Crippen LogP contribution is 2.43. The Morgan fingerprint density at radius 2 is 1.47 bits per heavy atom. The zero-order valence-electron chi connectivity index (χ0n) is 25.0. The van der Waals surface area contributed by atoms with Gasteiger partial charge < -0.3 is 40.2 Å². The van der Waals surface area contributed by atoms with Gasteiger partial charge in [-0.15, -0.1) is 0 Å². The van der Waals surface area contributed by atoms with Gasteiger partial charge in [-0.2, -0.15) is 0 Å². The quantitative estimate of drug-likeness (QED) is 0.154. The molecule has 6 rings (SSSR count). The van der Waals surface area contributed by atoms with E-state index in [2.05, 4.69) is 20.3 Å². The summed E-state index contributed by atoms with van der Waals surface area (Å²) >= 11 is 0. The number of ether oxygens (including phenoxy) is 4. The summed E-state index contributed by atoms with van der Waals surface area (Å²) in [6, 6.07) is 25.1. The van der Waals surface area contributed by atoms with Crippen LogP contribution in [0.5, 0.6) is 11.5 Å². The molecule has 0 spiro atoms. The number of imidazole rings is 1. The first kappa shape index (κ1) is 30.4. The van der Waals surface area contributed by atoms with Crippen molar-refractivity contribution in [2.24, 2.45) is 5.73 Å². The molecule has 5 aromatic rings. The van der Waals surface area contributed by atoms with Gasteiger partial charge in [0.15, 0.2) is 23.2 Å². The van der Waals surface area contributed by atoms with Crippen LogP contribution in [0.15, 0.2) is 91.5 Å². The van der Waals surface area contributed by atoms with Gasteiger partial charge in [-0.3, -0.25) is 4.57 Å². The van der Waals surface area contributed by atoms with Crippen LogP contribution < -0.4 is 20.5 Å². The van der Waals surface area contributed by atoms with E-state index in [4.69, 9.17) is 24.7 Å². The summed E-state index contributed by atoms with van der Waals surface area (Å²) in [5.41, 5.74) is 7.98. The maximum atomic E-state index is 11.2. The van der Waals surface area contributed by atoms with Crippen LogP contribution in [0.3, 0.4) is 0 Å². The third-order valence-electron chi connectivity index (χ3n) is 8.04. The largest absolute Gasteiger partial charge is 0.497 e. The second-order valence-corrected chi connectivity index (χ2v) is 10.6. The molecule has 12 nitrogen and oxygen atoms in total. The first-order valence-electron chi connectivity index (χ1n) is 14.6. The van der Waals surface area contributed by atoms with Gasteiger partial charge in [0, 0.05) is 13.1 Å². The lowest BCUT2D eigenvalue weighted by Crippen LogP contribution is -2.39. The van der Waals surface area contributed by atoms with Crippen molar-refractivity contribution >= 4 is 17.0 Å². The third-order valence-corrected chi connectivity index (χ3v) is 8.04. The number of aliphatic hydroxyl groups is 2. The summed E-state index contributed by atoms with van der Waals surface area (Å²) in [4.78, 5) is 13.1. The Balaban J connectivity index is 1.36. The standard InChI is InChI=1S/C33H36N6O6/c1-42-24-12-8-22(9-13-24)33(21-6-4-3-5-7-21,23-10-14-25(43-2)15-11-23)44-18-26-28(40)29(41)32(45-26)39-20-38-27-30(35-17-16-34)36-19-37-31(27)39/h3-15,19-20,26,28-29,32,40-41H,16-18,34H2,1-2H3,(H,35,36,37). The molecule has 1 saturated heterocycles. The normalized spacial score (nSPS) is 19.9. The number of nitrogens with two attached hydrogens (primary N) is 1. The Morgan fingerprint density at radius 3 is 2.07 bits per heavy atom. The fraction of sp³-hybridized carbons (Fsp3) is 0.303. The van der Waals surface area contributed by atoms with Crippen molar-refractivity contribution in [2.75, 3.05) is 39.2 Å². The van der Waals surface area contributed by atoms with Gasteiger partial charge in [-0.1, -0.05) is 54.6 Å². The summed E-state index contributed by atoms with van der Waals surface area (Å²) in [5.74, 6) is 1.92. The van der Waals surface area contributed by atoms with Gasteiger partial charge in [-0.05, 0) is 41.0 Å². The van der Waals surface area contributed by atoms with E-state index in [1.807, 2.05) is 78.9 Å². The zero-order valence-corrected chi connectivity index (χ0v) is 25.0. The van der Waals surface area contributed by atoms with Crippen molar-refractivity contribution in [2.45, 2.75) is 30.1 Å². The molecule has 3 aromatic carbocycles. The number of hydrogen-bond acceptors (Lipinski definition) is 11. The van der Waals surface area contributed by atoms with Crippen molar-refractivity contribution in [3.63, 3.8) is 0 Å². The van der Waals surface area contributed by atoms with Crippen molar-refractivity contribution in [1.29, 1.82) is 0 Å². The average Bonchev–Trinajstić information content (AvgIpc) is 3.65. The van der Waals surface area contributed by atoms with Gasteiger partial charge in [0.2, 0.25) is 0 Å². The predicted molar refractivity (Wildman–Crippen MR) is 167 cm³/mol. The van der Waals surface area contributed by atoms with Crippen LogP contribution in [-0.4, -0.2) is 82.0 Å². The molecule has 2 aromatic heterocycles. The lowest BCUT2D eigenvalue weighted by molar-refractivity contribution is -0.0942. The lowest BCUT2D eigenvalue weighted by atomic mass is 9.80. The summed E-state index contributed by atoms with van der Waals surface area (Å²) in [6.07, 6.45) is -1.48. The summed E-state index contributed by atoms with van der Waals surface area (Å²) in [5, 5.41) is 25.5. The Bertz CT molecular complexity index is 1650. The van der Waals surface area contributed by atoms with Crippen molar-refractivity contribution < 1.29 is 29.2 Å². The molecule has 0 amide bonds. The van der Waals surface area contributed by atoms with E-state index in [-0.39, 0.29) is 6.61 Å². The molecule has 4 unspecified atom stereocenters. The van der Waals surface area contributed by atoms with Crippen molar-refractivity contribution in [3.05, 3.63) is 108 Å². The third kappa shape index (κ3) is 5.70. The molecule has 1 aliphatic heterocycles. The summed E-state index contributed by atoms with van der Waals surface area (Å²) in [6.45, 7) is 0.861. The SMILES string of the molecule is COc1ccc(C(OCC2OC(n3cnc4c(NCCN)ncnc43)C(O)C2O)(c2ccccc2)c2ccc(OC)cc2)cc1. The predicted octanol–water partition coefficient (Wildman–Crippen LogP) is 2.84. The number of benzene rings is 3. The molecule has 234 valence electrons. The minimum absolute atomic E-state index is 0.0629. The highest BCUT2D eigenvalue weighted by atomic mass is 16.6. The molecule has 3 heterocycles. The van der Waals surface area contributed by atoms with Gasteiger partial charge in [0.25, 0.3) is 0 Å². The second kappa shape index (κ2) is 13.2. The molecule has 5 N–H and O–H groups in total. The number of rotatable bonds is 12. The molecule has 0 radical (unpaired) electrons. The molecule has 0 saturated carbocycles. The van der Waals surface area contributed by atoms with Crippen molar-refractivity contribution in [1.82, 2.24) is 19.5 Å². The number of anilines is 1. The minimum atomic E-state index is -1.28. The molecule has 0 aliphatic carbocycles. The lowest BCUT2D eigenvalue weighted by Gasteiger charge is -2.37. The van der Waals surface area contributed by atoms with Crippen LogP contribution in [-0.2, 0) is 15.1 Å². The molecular formula is C33H36N6O6. The summed E-state index contributed by atoms with van der Waals surface area (Å²) < 4.78 is 25.7. The number of hydrogen-bond donors (Lipinski definition) is 4. The number of nitrogens with zero attached hydrogens (tertiary/aromatic N) is 4. The van der Waals surface area contributed by atoms with Crippen LogP contribution in [0.25, 0.3) is 11.2 Å². The van der Waals surface area contributed by atoms with Crippen LogP contribution in [0.2, 0.25) is 0 Å². The number of nitrogens with one attached hydrogen (secondary N) is 1. The number of methoxy groups -OCH3 is 2. The molecule has 0 bridgehead atoms. The molecule has 1 fully saturated rings. The monoisotopic (exact) mass is 612 g/mol. The molecule has 4 atom stereocenters. The highest BCUT2D eigenvalue weighted by molar-refractivity contribution is 5.82. The zero-order chi connectivity index (χ0) is 31.4. The molecule has 45 heavy (non-hydrogen) atoms. The number of aliphatic hydroxyl groups excluding tert-OH is 2. The van der Waals surface area contributed by atoms with Crippen LogP contribution >= 0.6 is 0 Å². The van der Waals surface area contributed by atoms with Gasteiger partial charge in [0.05, 0.1) is 27.2 Å². The maximum absolute atomic E-state index is 11.2. The van der Waals surface area contributed by atoms with E-state index in [9.17, 15) is 10.2 Å². The smallest absolute Gasteiger partial charge is 0.167 e. The van der Waals surface area contributed by atoms with Crippen LogP contribution in [0.4, 0.5) is 5.82 Å². The van der Waals surface area contributed by atoms with E-state index in [1.54, 1.807) is 18.8 Å². The highest BCUT2D eigenvalue weighted by Gasteiger charge is 2.47. The maximum Gasteiger partial charge on any atom is 0.167 e. The summed E-state index contributed by atoms with van der Waals surface area (Å²) in [7, 11) is 3.24. The Hall–Kier alpha value is -4.59. The fourth-order valence-electron chi connectivity index (χ4n) is 5.74. The van der Waals surface area contributed by atoms with E-state index < -0.39 is 30.1 Å². The number of aromatic nitrogens is 4. The first-order valence-corrected chi connectivity index (χ1v) is 14.6. The molecular weight excluding hydrogens is 576 g/mol. The van der Waals surface area contributed by atoms with E-state index in [1.165, 1.54) is 12.7 Å². The van der Waals surface area contributed by atoms with Gasteiger partial charge >= 0.3 is 0 Å². The van der Waals surface area contributed by atoms with Crippen LogP contribution in [0, 0.1) is 0 Å². The Morgan fingerprint density at radius 1 is 0.844 bits per heavy atom. The van der Waals surface area contributed by atoms with E-state index in [0.717, 1.165) is 16.7 Å². The fourth-order valence-corrected chi connectivity index (χ4v) is 5.74. The minimum Gasteiger partial charge on any atom is -0.497 e. The van der Waals surface area contributed by atoms with E-state index in [0.29, 0.717) is 41.6 Å². The average molecular weight is 613 g/mol. The van der Waals surface area contributed by atoms with Crippen molar-refractivity contribution in [3.8, 4) is 11.5 Å². The molecule has 1 aliphatic rings. The Labute approximate surface area is 260 Å².